The Hall–Kier alpha value is -3.10. The fraction of sp³-hybridized carbons (Fsp3) is 0.500. The van der Waals surface area contributed by atoms with Gasteiger partial charge in [-0.2, -0.15) is 0 Å². The summed E-state index contributed by atoms with van der Waals surface area (Å²) in [7, 11) is 0. The molecule has 0 saturated carbocycles. The summed E-state index contributed by atoms with van der Waals surface area (Å²) >= 11 is 0. The Morgan fingerprint density at radius 2 is 2.00 bits per heavy atom. The van der Waals surface area contributed by atoms with Gasteiger partial charge in [-0.05, 0) is 33.8 Å². The third-order valence-electron chi connectivity index (χ3n) is 4.69. The zero-order chi connectivity index (χ0) is 21.3. The van der Waals surface area contributed by atoms with E-state index >= 15 is 0 Å². The fourth-order valence-corrected chi connectivity index (χ4v) is 3.55. The van der Waals surface area contributed by atoms with Crippen LogP contribution in [0.3, 0.4) is 0 Å². The van der Waals surface area contributed by atoms with Crippen LogP contribution in [0.5, 0.6) is 0 Å². The van der Waals surface area contributed by atoms with Crippen molar-refractivity contribution >= 4 is 28.7 Å². The number of ether oxygens (including phenoxy) is 2. The smallest absolute Gasteiger partial charge is 0.410 e. The van der Waals surface area contributed by atoms with E-state index in [4.69, 9.17) is 9.47 Å². The van der Waals surface area contributed by atoms with Gasteiger partial charge in [-0.15, -0.1) is 0 Å². The largest absolute Gasteiger partial charge is 0.465 e. The van der Waals surface area contributed by atoms with E-state index in [1.165, 1.54) is 12.1 Å². The molecule has 0 saturated heterocycles. The van der Waals surface area contributed by atoms with E-state index in [0.29, 0.717) is 23.9 Å². The summed E-state index contributed by atoms with van der Waals surface area (Å²) in [6.45, 7) is 8.13. The van der Waals surface area contributed by atoms with Crippen molar-refractivity contribution < 1.29 is 24.0 Å². The molecule has 0 unspecified atom stereocenters. The number of benzene rings is 1. The summed E-state index contributed by atoms with van der Waals surface area (Å²) in [6, 6.07) is 4.55. The molecule has 1 aliphatic heterocycles. The number of nitrogens with zero attached hydrogens (tertiary/aromatic N) is 3. The van der Waals surface area contributed by atoms with E-state index < -0.39 is 16.6 Å². The van der Waals surface area contributed by atoms with E-state index in [-0.39, 0.29) is 31.4 Å². The fourth-order valence-electron chi connectivity index (χ4n) is 3.55. The second kappa shape index (κ2) is 7.73. The maximum absolute atomic E-state index is 12.5. The number of hydrogen-bond donors (Lipinski definition) is 0. The molecule has 0 N–H and O–H groups in total. The molecular formula is C20H25N3O6. The minimum Gasteiger partial charge on any atom is -0.465 e. The lowest BCUT2D eigenvalue weighted by atomic mass is 10.0. The lowest BCUT2D eigenvalue weighted by Gasteiger charge is -2.30. The standard InChI is InChI=1S/C20H25N3O6/c1-5-28-18(24)12-22-16-7-6-13(23(26)27)10-14(16)15-11-21(9-8-17(15)22)19(25)29-20(2,3)4/h6-7,10H,5,8-9,11-12H2,1-4H3. The van der Waals surface area contributed by atoms with E-state index in [0.717, 1.165) is 11.3 Å². The molecular weight excluding hydrogens is 378 g/mol. The van der Waals surface area contributed by atoms with Gasteiger partial charge in [0.1, 0.15) is 12.1 Å². The molecule has 0 bridgehead atoms. The highest BCUT2D eigenvalue weighted by molar-refractivity contribution is 5.89. The quantitative estimate of drug-likeness (QED) is 0.440. The summed E-state index contributed by atoms with van der Waals surface area (Å²) in [5.74, 6) is -0.375. The third-order valence-corrected chi connectivity index (χ3v) is 4.69. The first-order valence-electron chi connectivity index (χ1n) is 9.52. The number of non-ortho nitro benzene ring substituents is 1. The SMILES string of the molecule is CCOC(=O)Cn1c2c(c3cc([N+](=O)[O-])ccc31)CN(C(=O)OC(C)(C)C)CC2. The molecule has 1 amide bonds. The van der Waals surface area contributed by atoms with Gasteiger partial charge in [0.2, 0.25) is 0 Å². The molecule has 0 radical (unpaired) electrons. The molecule has 2 aromatic rings. The van der Waals surface area contributed by atoms with Gasteiger partial charge in [0, 0.05) is 47.3 Å². The average Bonchev–Trinajstić information content (AvgIpc) is 2.93. The van der Waals surface area contributed by atoms with Crippen LogP contribution in [0.2, 0.25) is 0 Å². The topological polar surface area (TPSA) is 104 Å². The van der Waals surface area contributed by atoms with E-state index in [1.54, 1.807) is 38.7 Å². The molecule has 0 fully saturated rings. The predicted octanol–water partition coefficient (Wildman–Crippen LogP) is 3.41. The molecule has 0 aliphatic carbocycles. The van der Waals surface area contributed by atoms with Crippen LogP contribution in [0, 0.1) is 10.1 Å². The second-order valence-corrected chi connectivity index (χ2v) is 7.93. The van der Waals surface area contributed by atoms with Gasteiger partial charge in [0.25, 0.3) is 5.69 Å². The normalized spacial score (nSPS) is 13.9. The number of carbonyl (C=O) groups is 2. The van der Waals surface area contributed by atoms with E-state index in [9.17, 15) is 19.7 Å². The third kappa shape index (κ3) is 4.33. The van der Waals surface area contributed by atoms with Crippen LogP contribution in [0.4, 0.5) is 10.5 Å². The number of rotatable bonds is 4. The van der Waals surface area contributed by atoms with Crippen molar-refractivity contribution in [2.24, 2.45) is 0 Å². The van der Waals surface area contributed by atoms with Crippen LogP contribution in [-0.4, -0.2) is 45.2 Å². The molecule has 9 heteroatoms. The Balaban J connectivity index is 2.04. The molecule has 156 valence electrons. The first kappa shape index (κ1) is 20.6. The van der Waals surface area contributed by atoms with Crippen LogP contribution in [-0.2, 0) is 33.8 Å². The Kier molecular flexibility index (Phi) is 5.50. The zero-order valence-corrected chi connectivity index (χ0v) is 17.1. The number of esters is 1. The molecule has 1 aliphatic rings. The number of carbonyl (C=O) groups excluding carboxylic acids is 2. The molecule has 1 aromatic carbocycles. The maximum atomic E-state index is 12.5. The Labute approximate surface area is 168 Å². The van der Waals surface area contributed by atoms with Crippen LogP contribution in [0.1, 0.15) is 39.0 Å². The Morgan fingerprint density at radius 1 is 1.28 bits per heavy atom. The molecule has 3 rings (SSSR count). The molecule has 29 heavy (non-hydrogen) atoms. The first-order valence-corrected chi connectivity index (χ1v) is 9.52. The van der Waals surface area contributed by atoms with Crippen LogP contribution in [0.25, 0.3) is 10.9 Å². The van der Waals surface area contributed by atoms with Crippen molar-refractivity contribution in [2.75, 3.05) is 13.2 Å². The highest BCUT2D eigenvalue weighted by atomic mass is 16.6. The number of fused-ring (bicyclic) bond motifs is 3. The van der Waals surface area contributed by atoms with Gasteiger partial charge >= 0.3 is 12.1 Å². The number of hydrogen-bond acceptors (Lipinski definition) is 6. The first-order chi connectivity index (χ1) is 13.6. The van der Waals surface area contributed by atoms with Crippen molar-refractivity contribution in [1.29, 1.82) is 0 Å². The van der Waals surface area contributed by atoms with Crippen molar-refractivity contribution in [2.45, 2.75) is 52.8 Å². The second-order valence-electron chi connectivity index (χ2n) is 7.93. The minimum atomic E-state index is -0.617. The average molecular weight is 403 g/mol. The Bertz CT molecular complexity index is 973. The molecule has 9 nitrogen and oxygen atoms in total. The zero-order valence-electron chi connectivity index (χ0n) is 17.1. The summed E-state index contributed by atoms with van der Waals surface area (Å²) in [5, 5.41) is 11.9. The molecule has 1 aromatic heterocycles. The predicted molar refractivity (Wildman–Crippen MR) is 106 cm³/mol. The van der Waals surface area contributed by atoms with Gasteiger partial charge in [0.05, 0.1) is 18.1 Å². The van der Waals surface area contributed by atoms with Crippen molar-refractivity contribution in [3.05, 3.63) is 39.6 Å². The minimum absolute atomic E-state index is 0.0178. The van der Waals surface area contributed by atoms with Gasteiger partial charge in [-0.1, -0.05) is 0 Å². The molecule has 0 spiro atoms. The van der Waals surface area contributed by atoms with E-state index in [1.807, 2.05) is 4.57 Å². The number of amides is 1. The summed E-state index contributed by atoms with van der Waals surface area (Å²) in [6.07, 6.45) is 0.0797. The highest BCUT2D eigenvalue weighted by Gasteiger charge is 2.30. The summed E-state index contributed by atoms with van der Waals surface area (Å²) in [5.41, 5.74) is 1.73. The lowest BCUT2D eigenvalue weighted by Crippen LogP contribution is -2.40. The number of nitro benzene ring substituents is 1. The number of aromatic nitrogens is 1. The Morgan fingerprint density at radius 3 is 2.62 bits per heavy atom. The summed E-state index contributed by atoms with van der Waals surface area (Å²) < 4.78 is 12.4. The van der Waals surface area contributed by atoms with Gasteiger partial charge in [0.15, 0.2) is 0 Å². The lowest BCUT2D eigenvalue weighted by molar-refractivity contribution is -0.384. The highest BCUT2D eigenvalue weighted by Crippen LogP contribution is 2.34. The van der Waals surface area contributed by atoms with Gasteiger partial charge in [-0.25, -0.2) is 4.79 Å². The van der Waals surface area contributed by atoms with Gasteiger partial charge < -0.3 is 18.9 Å². The molecule has 0 atom stereocenters. The van der Waals surface area contributed by atoms with Crippen molar-refractivity contribution in [1.82, 2.24) is 9.47 Å². The number of nitro groups is 1. The summed E-state index contributed by atoms with van der Waals surface area (Å²) in [4.78, 5) is 37.0. The monoisotopic (exact) mass is 403 g/mol. The van der Waals surface area contributed by atoms with Crippen LogP contribution in [0.15, 0.2) is 18.2 Å². The van der Waals surface area contributed by atoms with Crippen LogP contribution < -0.4 is 0 Å². The van der Waals surface area contributed by atoms with Gasteiger partial charge in [-0.3, -0.25) is 14.9 Å². The van der Waals surface area contributed by atoms with E-state index in [2.05, 4.69) is 0 Å². The van der Waals surface area contributed by atoms with Crippen molar-refractivity contribution in [3.63, 3.8) is 0 Å². The molecule has 2 heterocycles. The maximum Gasteiger partial charge on any atom is 0.410 e. The van der Waals surface area contributed by atoms with Crippen LogP contribution >= 0.6 is 0 Å². The van der Waals surface area contributed by atoms with Crippen molar-refractivity contribution in [3.8, 4) is 0 Å².